The van der Waals surface area contributed by atoms with Crippen molar-refractivity contribution in [2.75, 3.05) is 6.54 Å². The maximum atomic E-state index is 9.03. The standard InChI is InChI=1S/C6H9NO2/c1-2-5(8)6-3-7-4-9-6/h2,4-6,8H,1,3H2. The van der Waals surface area contributed by atoms with E-state index in [9.17, 15) is 0 Å². The van der Waals surface area contributed by atoms with Gasteiger partial charge in [-0.05, 0) is 0 Å². The minimum atomic E-state index is -0.590. The smallest absolute Gasteiger partial charge is 0.170 e. The summed E-state index contributed by atoms with van der Waals surface area (Å²) in [6.07, 6.45) is 2.01. The van der Waals surface area contributed by atoms with Crippen LogP contribution >= 0.6 is 0 Å². The first-order valence-electron chi connectivity index (χ1n) is 2.79. The number of aliphatic hydroxyl groups is 1. The average molecular weight is 127 g/mol. The average Bonchev–Trinajstić information content (AvgIpc) is 2.37. The molecule has 1 rings (SSSR count). The molecule has 0 bridgehead atoms. The fraction of sp³-hybridized carbons (Fsp3) is 0.500. The molecular formula is C6H9NO2. The minimum absolute atomic E-state index is 0.206. The predicted octanol–water partition coefficient (Wildman–Crippen LogP) is -0.0396. The number of aliphatic hydroxyl groups excluding tert-OH is 1. The van der Waals surface area contributed by atoms with Crippen LogP contribution in [-0.2, 0) is 4.74 Å². The van der Waals surface area contributed by atoms with Gasteiger partial charge in [0.1, 0.15) is 12.2 Å². The van der Waals surface area contributed by atoms with Gasteiger partial charge in [-0.2, -0.15) is 0 Å². The third-order valence-electron chi connectivity index (χ3n) is 1.22. The molecular weight excluding hydrogens is 118 g/mol. The Morgan fingerprint density at radius 1 is 2.00 bits per heavy atom. The fourth-order valence-electron chi connectivity index (χ4n) is 0.651. The molecule has 0 aromatic heterocycles. The van der Waals surface area contributed by atoms with Crippen LogP contribution in [0, 0.1) is 0 Å². The van der Waals surface area contributed by atoms with Gasteiger partial charge in [0, 0.05) is 0 Å². The largest absolute Gasteiger partial charge is 0.475 e. The maximum absolute atomic E-state index is 9.03. The molecule has 0 saturated carbocycles. The summed E-state index contributed by atoms with van der Waals surface area (Å²) in [4.78, 5) is 3.78. The molecule has 1 aliphatic rings. The highest BCUT2D eigenvalue weighted by Gasteiger charge is 2.18. The Balaban J connectivity index is 2.35. The lowest BCUT2D eigenvalue weighted by Gasteiger charge is -2.11. The van der Waals surface area contributed by atoms with Gasteiger partial charge in [0.05, 0.1) is 6.54 Å². The molecule has 0 amide bonds. The molecule has 1 N–H and O–H groups in total. The first-order valence-corrected chi connectivity index (χ1v) is 2.79. The van der Waals surface area contributed by atoms with Gasteiger partial charge in [-0.15, -0.1) is 6.58 Å². The van der Waals surface area contributed by atoms with Crippen molar-refractivity contribution in [2.45, 2.75) is 12.2 Å². The van der Waals surface area contributed by atoms with Crippen LogP contribution in [0.5, 0.6) is 0 Å². The van der Waals surface area contributed by atoms with Crippen LogP contribution in [0.4, 0.5) is 0 Å². The molecule has 0 fully saturated rings. The summed E-state index contributed by atoms with van der Waals surface area (Å²) < 4.78 is 4.89. The monoisotopic (exact) mass is 127 g/mol. The highest BCUT2D eigenvalue weighted by Crippen LogP contribution is 2.04. The molecule has 50 valence electrons. The second kappa shape index (κ2) is 2.64. The molecule has 2 atom stereocenters. The lowest BCUT2D eigenvalue weighted by atomic mass is 10.2. The lowest BCUT2D eigenvalue weighted by Crippen LogP contribution is -2.25. The highest BCUT2D eigenvalue weighted by atomic mass is 16.5. The molecule has 3 nitrogen and oxygen atoms in total. The number of ether oxygens (including phenoxy) is 1. The van der Waals surface area contributed by atoms with E-state index in [1.165, 1.54) is 12.5 Å². The summed E-state index contributed by atoms with van der Waals surface area (Å²) in [5.74, 6) is 0. The van der Waals surface area contributed by atoms with Crippen molar-refractivity contribution in [1.29, 1.82) is 0 Å². The van der Waals surface area contributed by atoms with E-state index >= 15 is 0 Å². The Hall–Kier alpha value is -0.830. The number of hydrogen-bond donors (Lipinski definition) is 1. The van der Waals surface area contributed by atoms with Gasteiger partial charge in [0.2, 0.25) is 0 Å². The Labute approximate surface area is 53.7 Å². The van der Waals surface area contributed by atoms with Crippen LogP contribution in [0.2, 0.25) is 0 Å². The van der Waals surface area contributed by atoms with Crippen molar-refractivity contribution >= 4 is 6.40 Å². The fourth-order valence-corrected chi connectivity index (χ4v) is 0.651. The number of rotatable bonds is 2. The predicted molar refractivity (Wildman–Crippen MR) is 34.4 cm³/mol. The van der Waals surface area contributed by atoms with Crippen LogP contribution in [-0.4, -0.2) is 30.3 Å². The maximum Gasteiger partial charge on any atom is 0.170 e. The minimum Gasteiger partial charge on any atom is -0.475 e. The molecule has 0 radical (unpaired) electrons. The van der Waals surface area contributed by atoms with Crippen molar-refractivity contribution in [3.63, 3.8) is 0 Å². The Bertz CT molecular complexity index is 125. The number of aliphatic imine (C=N–C) groups is 1. The highest BCUT2D eigenvalue weighted by molar-refractivity contribution is 5.49. The molecule has 0 saturated heterocycles. The molecule has 1 heterocycles. The van der Waals surface area contributed by atoms with E-state index in [1.54, 1.807) is 0 Å². The zero-order chi connectivity index (χ0) is 6.69. The first kappa shape index (κ1) is 6.29. The summed E-state index contributed by atoms with van der Waals surface area (Å²) in [6, 6.07) is 0. The summed E-state index contributed by atoms with van der Waals surface area (Å²) in [5.41, 5.74) is 0. The van der Waals surface area contributed by atoms with E-state index < -0.39 is 6.10 Å². The van der Waals surface area contributed by atoms with E-state index in [4.69, 9.17) is 9.84 Å². The summed E-state index contributed by atoms with van der Waals surface area (Å²) >= 11 is 0. The van der Waals surface area contributed by atoms with Gasteiger partial charge in [-0.25, -0.2) is 0 Å². The van der Waals surface area contributed by atoms with Gasteiger partial charge in [-0.3, -0.25) is 4.99 Å². The van der Waals surface area contributed by atoms with Crippen LogP contribution in [0.15, 0.2) is 17.6 Å². The summed E-state index contributed by atoms with van der Waals surface area (Å²) in [6.45, 7) is 3.95. The quantitative estimate of drug-likeness (QED) is 0.529. The van der Waals surface area contributed by atoms with Crippen molar-refractivity contribution < 1.29 is 9.84 Å². The van der Waals surface area contributed by atoms with Gasteiger partial charge in [0.25, 0.3) is 0 Å². The lowest BCUT2D eigenvalue weighted by molar-refractivity contribution is 0.0827. The molecule has 0 aromatic carbocycles. The first-order chi connectivity index (χ1) is 4.34. The molecule has 0 spiro atoms. The van der Waals surface area contributed by atoms with Crippen molar-refractivity contribution in [3.05, 3.63) is 12.7 Å². The van der Waals surface area contributed by atoms with Gasteiger partial charge in [-0.1, -0.05) is 6.08 Å². The van der Waals surface area contributed by atoms with Crippen molar-refractivity contribution in [1.82, 2.24) is 0 Å². The molecule has 0 aliphatic carbocycles. The third-order valence-corrected chi connectivity index (χ3v) is 1.22. The zero-order valence-corrected chi connectivity index (χ0v) is 5.03. The zero-order valence-electron chi connectivity index (χ0n) is 5.03. The molecule has 3 heteroatoms. The summed E-state index contributed by atoms with van der Waals surface area (Å²) in [7, 11) is 0. The Morgan fingerprint density at radius 3 is 3.22 bits per heavy atom. The Morgan fingerprint density at radius 2 is 2.78 bits per heavy atom. The number of hydrogen-bond acceptors (Lipinski definition) is 3. The van der Waals surface area contributed by atoms with E-state index in [0.717, 1.165) is 0 Å². The van der Waals surface area contributed by atoms with E-state index in [0.29, 0.717) is 6.54 Å². The topological polar surface area (TPSA) is 41.8 Å². The van der Waals surface area contributed by atoms with Crippen LogP contribution in [0.3, 0.4) is 0 Å². The van der Waals surface area contributed by atoms with Crippen molar-refractivity contribution in [3.8, 4) is 0 Å². The Kier molecular flexibility index (Phi) is 1.85. The van der Waals surface area contributed by atoms with Crippen molar-refractivity contribution in [2.24, 2.45) is 4.99 Å². The van der Waals surface area contributed by atoms with Gasteiger partial charge < -0.3 is 9.84 Å². The third kappa shape index (κ3) is 1.29. The molecule has 0 aromatic rings. The second-order valence-corrected chi connectivity index (χ2v) is 1.87. The van der Waals surface area contributed by atoms with Crippen LogP contribution < -0.4 is 0 Å². The van der Waals surface area contributed by atoms with E-state index in [2.05, 4.69) is 11.6 Å². The normalized spacial score (nSPS) is 27.4. The van der Waals surface area contributed by atoms with Crippen LogP contribution in [0.1, 0.15) is 0 Å². The van der Waals surface area contributed by atoms with E-state index in [1.807, 2.05) is 0 Å². The second-order valence-electron chi connectivity index (χ2n) is 1.87. The van der Waals surface area contributed by atoms with Crippen LogP contribution in [0.25, 0.3) is 0 Å². The molecule has 1 aliphatic heterocycles. The number of nitrogens with zero attached hydrogens (tertiary/aromatic N) is 1. The SMILES string of the molecule is C=CC(O)C1CN=CO1. The molecule has 2 unspecified atom stereocenters. The molecule has 9 heavy (non-hydrogen) atoms. The summed E-state index contributed by atoms with van der Waals surface area (Å²) in [5, 5.41) is 9.03. The van der Waals surface area contributed by atoms with E-state index in [-0.39, 0.29) is 6.10 Å². The van der Waals surface area contributed by atoms with Gasteiger partial charge >= 0.3 is 0 Å². The van der Waals surface area contributed by atoms with Gasteiger partial charge in [0.15, 0.2) is 6.40 Å².